The summed E-state index contributed by atoms with van der Waals surface area (Å²) in [5.41, 5.74) is 2.97. The summed E-state index contributed by atoms with van der Waals surface area (Å²) >= 11 is 12.0. The van der Waals surface area contributed by atoms with Crippen LogP contribution in [0.2, 0.25) is 10.0 Å². The van der Waals surface area contributed by atoms with Crippen LogP contribution in [0.5, 0.6) is 0 Å². The van der Waals surface area contributed by atoms with Gasteiger partial charge in [0.05, 0.1) is 22.2 Å². The van der Waals surface area contributed by atoms with Crippen LogP contribution in [0.1, 0.15) is 17.0 Å². The van der Waals surface area contributed by atoms with Gasteiger partial charge < -0.3 is 4.90 Å². The Morgan fingerprint density at radius 3 is 2.56 bits per heavy atom. The molecule has 134 valence electrons. The summed E-state index contributed by atoms with van der Waals surface area (Å²) < 4.78 is 0. The van der Waals surface area contributed by atoms with E-state index in [2.05, 4.69) is 15.1 Å². The number of aromatic nitrogens is 2. The number of amides is 1. The van der Waals surface area contributed by atoms with Gasteiger partial charge in [-0.3, -0.25) is 14.8 Å². The fourth-order valence-electron chi connectivity index (χ4n) is 3.03. The zero-order valence-corrected chi connectivity index (χ0v) is 15.8. The predicted octanol–water partition coefficient (Wildman–Crippen LogP) is 2.95. The van der Waals surface area contributed by atoms with Crippen LogP contribution >= 0.6 is 23.2 Å². The normalized spacial score (nSPS) is 15.6. The third kappa shape index (κ3) is 4.97. The van der Waals surface area contributed by atoms with Gasteiger partial charge in [0.2, 0.25) is 5.91 Å². The Morgan fingerprint density at radius 2 is 1.92 bits per heavy atom. The molecule has 0 aliphatic carbocycles. The lowest BCUT2D eigenvalue weighted by Gasteiger charge is -2.34. The third-order valence-electron chi connectivity index (χ3n) is 4.52. The number of aryl methyl sites for hydroxylation is 1. The standard InChI is InChI=1S/C18H22Cl2N4O/c1-13-10-15(22-21-13)12-18(25)24-8-6-23(7-9-24)5-4-14-2-3-16(19)17(20)11-14/h2-3,10-11H,4-9,12H2,1H3,(H,21,22). The molecule has 25 heavy (non-hydrogen) atoms. The van der Waals surface area contributed by atoms with Gasteiger partial charge >= 0.3 is 0 Å². The van der Waals surface area contributed by atoms with E-state index in [1.165, 1.54) is 5.56 Å². The minimum absolute atomic E-state index is 0.149. The molecular formula is C18H22Cl2N4O. The first-order valence-corrected chi connectivity index (χ1v) is 9.22. The number of hydrogen-bond donors (Lipinski definition) is 1. The first kappa shape index (κ1) is 18.2. The Hall–Kier alpha value is -1.56. The molecule has 1 amide bonds. The molecule has 1 aromatic carbocycles. The van der Waals surface area contributed by atoms with Crippen molar-refractivity contribution in [3.63, 3.8) is 0 Å². The smallest absolute Gasteiger partial charge is 0.228 e. The number of carbonyl (C=O) groups is 1. The molecule has 2 aromatic rings. The highest BCUT2D eigenvalue weighted by atomic mass is 35.5. The fourth-order valence-corrected chi connectivity index (χ4v) is 3.36. The Morgan fingerprint density at radius 1 is 1.16 bits per heavy atom. The molecule has 0 unspecified atom stereocenters. The Labute approximate surface area is 157 Å². The van der Waals surface area contributed by atoms with E-state index in [9.17, 15) is 4.79 Å². The summed E-state index contributed by atoms with van der Waals surface area (Å²) in [5.74, 6) is 0.149. The van der Waals surface area contributed by atoms with Crippen LogP contribution in [0, 0.1) is 6.92 Å². The van der Waals surface area contributed by atoms with Gasteiger partial charge in [-0.2, -0.15) is 5.10 Å². The number of rotatable bonds is 5. The van der Waals surface area contributed by atoms with Crippen LogP contribution in [0.25, 0.3) is 0 Å². The number of aromatic amines is 1. The molecule has 5 nitrogen and oxygen atoms in total. The largest absolute Gasteiger partial charge is 0.340 e. The van der Waals surface area contributed by atoms with Crippen molar-refractivity contribution in [2.45, 2.75) is 19.8 Å². The molecule has 0 spiro atoms. The zero-order chi connectivity index (χ0) is 17.8. The number of benzene rings is 1. The van der Waals surface area contributed by atoms with E-state index in [1.54, 1.807) is 0 Å². The van der Waals surface area contributed by atoms with Gasteiger partial charge in [-0.25, -0.2) is 0 Å². The lowest BCUT2D eigenvalue weighted by molar-refractivity contribution is -0.132. The van der Waals surface area contributed by atoms with Crippen molar-refractivity contribution in [2.75, 3.05) is 32.7 Å². The highest BCUT2D eigenvalue weighted by Crippen LogP contribution is 2.23. The third-order valence-corrected chi connectivity index (χ3v) is 5.26. The fraction of sp³-hybridized carbons (Fsp3) is 0.444. The van der Waals surface area contributed by atoms with Crippen LogP contribution in [0.3, 0.4) is 0 Å². The maximum Gasteiger partial charge on any atom is 0.228 e. The minimum atomic E-state index is 0.149. The monoisotopic (exact) mass is 380 g/mol. The van der Waals surface area contributed by atoms with Gasteiger partial charge in [-0.15, -0.1) is 0 Å². The van der Waals surface area contributed by atoms with E-state index >= 15 is 0 Å². The quantitative estimate of drug-likeness (QED) is 0.867. The van der Waals surface area contributed by atoms with E-state index in [4.69, 9.17) is 23.2 Å². The van der Waals surface area contributed by atoms with Crippen molar-refractivity contribution in [1.29, 1.82) is 0 Å². The second-order valence-electron chi connectivity index (χ2n) is 6.44. The number of hydrogen-bond acceptors (Lipinski definition) is 3. The van der Waals surface area contributed by atoms with E-state index in [0.29, 0.717) is 16.5 Å². The van der Waals surface area contributed by atoms with Crippen LogP contribution in [0.15, 0.2) is 24.3 Å². The molecule has 1 N–H and O–H groups in total. The summed E-state index contributed by atoms with van der Waals surface area (Å²) in [4.78, 5) is 16.7. The topological polar surface area (TPSA) is 52.2 Å². The summed E-state index contributed by atoms with van der Waals surface area (Å²) in [6.07, 6.45) is 1.30. The first-order valence-electron chi connectivity index (χ1n) is 8.46. The summed E-state index contributed by atoms with van der Waals surface area (Å²) in [5, 5.41) is 8.20. The van der Waals surface area contributed by atoms with Crippen LogP contribution < -0.4 is 0 Å². The average molecular weight is 381 g/mol. The maximum atomic E-state index is 12.4. The Kier molecular flexibility index (Phi) is 5.99. The van der Waals surface area contributed by atoms with E-state index in [-0.39, 0.29) is 5.91 Å². The lowest BCUT2D eigenvalue weighted by Crippen LogP contribution is -2.49. The van der Waals surface area contributed by atoms with Crippen molar-refractivity contribution in [3.8, 4) is 0 Å². The second-order valence-corrected chi connectivity index (χ2v) is 7.25. The molecular weight excluding hydrogens is 359 g/mol. The predicted molar refractivity (Wildman–Crippen MR) is 100 cm³/mol. The number of halogens is 2. The number of nitrogens with one attached hydrogen (secondary N) is 1. The van der Waals surface area contributed by atoms with Crippen molar-refractivity contribution in [1.82, 2.24) is 20.0 Å². The molecule has 0 radical (unpaired) electrons. The van der Waals surface area contributed by atoms with E-state index in [1.807, 2.05) is 36.1 Å². The summed E-state index contributed by atoms with van der Waals surface area (Å²) in [6.45, 7) is 6.22. The van der Waals surface area contributed by atoms with Gasteiger partial charge in [0.25, 0.3) is 0 Å². The zero-order valence-electron chi connectivity index (χ0n) is 14.3. The van der Waals surface area contributed by atoms with Crippen LogP contribution in [0.4, 0.5) is 0 Å². The van der Waals surface area contributed by atoms with Gasteiger partial charge in [0.15, 0.2) is 0 Å². The molecule has 0 saturated carbocycles. The van der Waals surface area contributed by atoms with E-state index < -0.39 is 0 Å². The maximum absolute atomic E-state index is 12.4. The number of piperazine rings is 1. The van der Waals surface area contributed by atoms with E-state index in [0.717, 1.165) is 50.5 Å². The average Bonchev–Trinajstić information content (AvgIpc) is 3.01. The number of H-pyrrole nitrogens is 1. The number of nitrogens with zero attached hydrogens (tertiary/aromatic N) is 3. The molecule has 0 atom stereocenters. The Bertz CT molecular complexity index is 738. The van der Waals surface area contributed by atoms with Crippen molar-refractivity contribution in [2.24, 2.45) is 0 Å². The molecule has 7 heteroatoms. The van der Waals surface area contributed by atoms with Crippen molar-refractivity contribution >= 4 is 29.1 Å². The lowest BCUT2D eigenvalue weighted by atomic mass is 10.1. The highest BCUT2D eigenvalue weighted by Gasteiger charge is 2.21. The van der Waals surface area contributed by atoms with Gasteiger partial charge in [0, 0.05) is 38.4 Å². The van der Waals surface area contributed by atoms with Gasteiger partial charge in [0.1, 0.15) is 0 Å². The molecule has 0 bridgehead atoms. The summed E-state index contributed by atoms with van der Waals surface area (Å²) in [7, 11) is 0. The van der Waals surface area contributed by atoms with Crippen molar-refractivity contribution < 1.29 is 4.79 Å². The molecule has 1 aromatic heterocycles. The first-order chi connectivity index (χ1) is 12.0. The second kappa shape index (κ2) is 8.21. The number of carbonyl (C=O) groups excluding carboxylic acids is 1. The highest BCUT2D eigenvalue weighted by molar-refractivity contribution is 6.42. The molecule has 1 fully saturated rings. The molecule has 3 rings (SSSR count). The van der Waals surface area contributed by atoms with Gasteiger partial charge in [-0.05, 0) is 37.1 Å². The van der Waals surface area contributed by atoms with Crippen molar-refractivity contribution in [3.05, 3.63) is 51.3 Å². The molecule has 1 aliphatic rings. The minimum Gasteiger partial charge on any atom is -0.340 e. The molecule has 1 aliphatic heterocycles. The summed E-state index contributed by atoms with van der Waals surface area (Å²) in [6, 6.07) is 7.70. The van der Waals surface area contributed by atoms with Crippen LogP contribution in [-0.2, 0) is 17.6 Å². The SMILES string of the molecule is Cc1cc(CC(=O)N2CCN(CCc3ccc(Cl)c(Cl)c3)CC2)n[nH]1. The molecule has 2 heterocycles. The Balaban J connectivity index is 1.43. The molecule has 1 saturated heterocycles. The van der Waals surface area contributed by atoms with Crippen LogP contribution in [-0.4, -0.2) is 58.6 Å². The van der Waals surface area contributed by atoms with Gasteiger partial charge in [-0.1, -0.05) is 29.3 Å².